The molecule has 1 aromatic rings. The van der Waals surface area contributed by atoms with Crippen molar-refractivity contribution in [1.82, 2.24) is 0 Å². The van der Waals surface area contributed by atoms with Crippen molar-refractivity contribution in [3.8, 4) is 0 Å². The minimum Gasteiger partial charge on any atom is -0.398 e. The summed E-state index contributed by atoms with van der Waals surface area (Å²) in [5, 5.41) is 0. The summed E-state index contributed by atoms with van der Waals surface area (Å²) < 4.78 is 0.834. The lowest BCUT2D eigenvalue weighted by Gasteiger charge is -2.25. The van der Waals surface area contributed by atoms with E-state index in [1.54, 1.807) is 6.07 Å². The number of nitrogens with two attached hydrogens (primary N) is 1. The molecule has 0 heterocycles. The predicted octanol–water partition coefficient (Wildman–Crippen LogP) is 3.93. The highest BCUT2D eigenvalue weighted by Crippen LogP contribution is 2.46. The van der Waals surface area contributed by atoms with Gasteiger partial charge in [0.25, 0.3) is 0 Å². The number of nitrogen functional groups attached to an aromatic ring is 1. The Morgan fingerprint density at radius 1 is 1.40 bits per heavy atom. The van der Waals surface area contributed by atoms with Crippen LogP contribution in [0, 0.1) is 5.41 Å². The van der Waals surface area contributed by atoms with E-state index in [1.165, 1.54) is 0 Å². The zero-order valence-corrected chi connectivity index (χ0v) is 13.5. The molecule has 0 spiro atoms. The third-order valence-electron chi connectivity index (χ3n) is 4.47. The lowest BCUT2D eigenvalue weighted by Crippen LogP contribution is -2.28. The normalized spacial score (nSPS) is 21.1. The first-order valence-electron chi connectivity index (χ1n) is 7.08. The van der Waals surface area contributed by atoms with Crippen LogP contribution in [0.3, 0.4) is 0 Å². The van der Waals surface area contributed by atoms with Crippen LogP contribution in [0.4, 0.5) is 5.69 Å². The molecule has 0 aliphatic heterocycles. The fraction of sp³-hybridized carbons (Fsp3) is 0.500. The molecule has 4 heteroatoms. The van der Waals surface area contributed by atoms with Gasteiger partial charge in [-0.3, -0.25) is 9.59 Å². The number of fused-ring (bicyclic) bond motifs is 1. The van der Waals surface area contributed by atoms with Gasteiger partial charge in [0.15, 0.2) is 5.78 Å². The molecule has 1 aliphatic rings. The molecule has 0 bridgehead atoms. The number of anilines is 1. The highest BCUT2D eigenvalue weighted by Gasteiger charge is 2.44. The third-order valence-corrected chi connectivity index (χ3v) is 5.40. The second-order valence-electron chi connectivity index (χ2n) is 5.53. The Morgan fingerprint density at radius 2 is 2.10 bits per heavy atom. The van der Waals surface area contributed by atoms with Gasteiger partial charge in [0, 0.05) is 34.0 Å². The maximum Gasteiger partial charge on any atom is 0.169 e. The first-order valence-corrected chi connectivity index (χ1v) is 7.88. The van der Waals surface area contributed by atoms with Gasteiger partial charge in [0.1, 0.15) is 5.78 Å². The highest BCUT2D eigenvalue weighted by molar-refractivity contribution is 9.10. The SMILES string of the molecule is CCC(=O)CCC1(CC)Cc2c(ccc(N)c2Br)C1=O. The fourth-order valence-corrected chi connectivity index (χ4v) is 3.43. The molecule has 2 N–H and O–H groups in total. The smallest absolute Gasteiger partial charge is 0.169 e. The van der Waals surface area contributed by atoms with Gasteiger partial charge in [-0.1, -0.05) is 13.8 Å². The van der Waals surface area contributed by atoms with Crippen molar-refractivity contribution in [2.45, 2.75) is 46.0 Å². The summed E-state index contributed by atoms with van der Waals surface area (Å²) in [6.07, 6.45) is 3.09. The first-order chi connectivity index (χ1) is 9.45. The third kappa shape index (κ3) is 2.41. The number of benzene rings is 1. The Bertz CT molecular complexity index is 568. The molecule has 2 rings (SSSR count). The van der Waals surface area contributed by atoms with Crippen LogP contribution in [0.15, 0.2) is 16.6 Å². The molecule has 0 radical (unpaired) electrons. The van der Waals surface area contributed by atoms with Crippen molar-refractivity contribution in [1.29, 1.82) is 0 Å². The van der Waals surface area contributed by atoms with Crippen LogP contribution >= 0.6 is 15.9 Å². The number of hydrogen-bond acceptors (Lipinski definition) is 3. The largest absolute Gasteiger partial charge is 0.398 e. The average Bonchev–Trinajstić information content (AvgIpc) is 2.74. The zero-order chi connectivity index (χ0) is 14.9. The minimum atomic E-state index is -0.427. The Hall–Kier alpha value is -1.16. The molecule has 1 aliphatic carbocycles. The molecule has 1 atom stereocenters. The maximum absolute atomic E-state index is 12.7. The quantitative estimate of drug-likeness (QED) is 0.828. The lowest BCUT2D eigenvalue weighted by molar-refractivity contribution is -0.119. The second kappa shape index (κ2) is 5.68. The van der Waals surface area contributed by atoms with Gasteiger partial charge in [-0.25, -0.2) is 0 Å². The molecule has 0 saturated carbocycles. The molecule has 3 nitrogen and oxygen atoms in total. The van der Waals surface area contributed by atoms with Crippen molar-refractivity contribution >= 4 is 33.2 Å². The molecule has 1 aromatic carbocycles. The monoisotopic (exact) mass is 337 g/mol. The maximum atomic E-state index is 12.7. The number of hydrogen-bond donors (Lipinski definition) is 1. The van der Waals surface area contributed by atoms with Gasteiger partial charge in [0.05, 0.1) is 0 Å². The summed E-state index contributed by atoms with van der Waals surface area (Å²) in [5.74, 6) is 0.389. The molecule has 20 heavy (non-hydrogen) atoms. The molecule has 0 saturated heterocycles. The van der Waals surface area contributed by atoms with Crippen molar-refractivity contribution in [2.75, 3.05) is 5.73 Å². The van der Waals surface area contributed by atoms with Gasteiger partial charge in [-0.05, 0) is 52.9 Å². The molecule has 0 amide bonds. The molecule has 0 aromatic heterocycles. The Morgan fingerprint density at radius 3 is 2.70 bits per heavy atom. The number of ketones is 2. The van der Waals surface area contributed by atoms with Crippen LogP contribution in [-0.2, 0) is 11.2 Å². The van der Waals surface area contributed by atoms with Gasteiger partial charge in [-0.15, -0.1) is 0 Å². The van der Waals surface area contributed by atoms with Gasteiger partial charge in [-0.2, -0.15) is 0 Å². The number of Topliss-reactive ketones (excluding diaryl/α,β-unsaturated/α-hetero) is 2. The van der Waals surface area contributed by atoms with E-state index >= 15 is 0 Å². The Kier molecular flexibility index (Phi) is 4.33. The van der Waals surface area contributed by atoms with Crippen LogP contribution in [0.5, 0.6) is 0 Å². The van der Waals surface area contributed by atoms with E-state index in [2.05, 4.69) is 15.9 Å². The van der Waals surface area contributed by atoms with Gasteiger partial charge < -0.3 is 5.73 Å². The molecule has 1 unspecified atom stereocenters. The van der Waals surface area contributed by atoms with Crippen molar-refractivity contribution in [3.63, 3.8) is 0 Å². The van der Waals surface area contributed by atoms with Crippen LogP contribution in [0.25, 0.3) is 0 Å². The summed E-state index contributed by atoms with van der Waals surface area (Å²) in [6.45, 7) is 3.89. The van der Waals surface area contributed by atoms with E-state index in [-0.39, 0.29) is 11.6 Å². The minimum absolute atomic E-state index is 0.166. The van der Waals surface area contributed by atoms with E-state index < -0.39 is 5.41 Å². The van der Waals surface area contributed by atoms with Crippen LogP contribution in [0.1, 0.15) is 55.5 Å². The van der Waals surface area contributed by atoms with Crippen molar-refractivity contribution < 1.29 is 9.59 Å². The number of halogens is 1. The van der Waals surface area contributed by atoms with E-state index in [1.807, 2.05) is 19.9 Å². The first kappa shape index (κ1) is 15.2. The topological polar surface area (TPSA) is 60.2 Å². The summed E-state index contributed by atoms with van der Waals surface area (Å²) >= 11 is 3.49. The summed E-state index contributed by atoms with van der Waals surface area (Å²) in [7, 11) is 0. The molecular formula is C16H20BrNO2. The Labute approximate surface area is 128 Å². The van der Waals surface area contributed by atoms with Crippen molar-refractivity contribution in [3.05, 3.63) is 27.7 Å². The van der Waals surface area contributed by atoms with Crippen LogP contribution in [-0.4, -0.2) is 11.6 Å². The predicted molar refractivity (Wildman–Crippen MR) is 83.8 cm³/mol. The summed E-state index contributed by atoms with van der Waals surface area (Å²) in [5.41, 5.74) is 7.89. The van der Waals surface area contributed by atoms with E-state index in [4.69, 9.17) is 5.73 Å². The summed E-state index contributed by atoms with van der Waals surface area (Å²) in [4.78, 5) is 24.3. The molecular weight excluding hydrogens is 318 g/mol. The fourth-order valence-electron chi connectivity index (χ4n) is 2.95. The lowest BCUT2D eigenvalue weighted by atomic mass is 9.76. The summed E-state index contributed by atoms with van der Waals surface area (Å²) in [6, 6.07) is 3.58. The average molecular weight is 338 g/mol. The second-order valence-corrected chi connectivity index (χ2v) is 6.32. The molecule has 108 valence electrons. The number of carbonyl (C=O) groups is 2. The standard InChI is InChI=1S/C16H20BrNO2/c1-3-10(19)7-8-16(4-2)9-12-11(15(16)20)5-6-13(18)14(12)17/h5-6H,3-4,7-9,18H2,1-2H3. The number of rotatable bonds is 5. The van der Waals surface area contributed by atoms with Gasteiger partial charge in [0.2, 0.25) is 0 Å². The van der Waals surface area contributed by atoms with Gasteiger partial charge >= 0.3 is 0 Å². The highest BCUT2D eigenvalue weighted by atomic mass is 79.9. The van der Waals surface area contributed by atoms with E-state index in [0.29, 0.717) is 31.4 Å². The molecule has 0 fully saturated rings. The zero-order valence-electron chi connectivity index (χ0n) is 12.0. The Balaban J connectivity index is 2.33. The van der Waals surface area contributed by atoms with Crippen LogP contribution < -0.4 is 5.73 Å². The number of carbonyl (C=O) groups excluding carboxylic acids is 2. The van der Waals surface area contributed by atoms with E-state index in [0.717, 1.165) is 22.0 Å². The van der Waals surface area contributed by atoms with E-state index in [9.17, 15) is 9.59 Å². The van der Waals surface area contributed by atoms with Crippen molar-refractivity contribution in [2.24, 2.45) is 5.41 Å². The van der Waals surface area contributed by atoms with Crippen LogP contribution in [0.2, 0.25) is 0 Å².